The van der Waals surface area contributed by atoms with Crippen molar-refractivity contribution in [2.45, 2.75) is 26.1 Å². The van der Waals surface area contributed by atoms with E-state index in [0.717, 1.165) is 11.0 Å². The molecule has 3 aromatic rings. The van der Waals surface area contributed by atoms with E-state index in [1.807, 2.05) is 0 Å². The molecule has 0 saturated carbocycles. The number of hydrogen-bond donors (Lipinski definition) is 1. The van der Waals surface area contributed by atoms with Gasteiger partial charge in [0.15, 0.2) is 0 Å². The molecule has 0 bridgehead atoms. The van der Waals surface area contributed by atoms with E-state index in [-0.39, 0.29) is 23.5 Å². The Hall–Kier alpha value is -3.76. The van der Waals surface area contributed by atoms with Crippen molar-refractivity contribution < 1.29 is 27.2 Å². The maximum Gasteiger partial charge on any atom is 0.419 e. The molecule has 1 aliphatic rings. The molecule has 11 heteroatoms. The number of aryl methyl sites for hydroxylation is 1. The van der Waals surface area contributed by atoms with E-state index < -0.39 is 35.4 Å². The summed E-state index contributed by atoms with van der Waals surface area (Å²) in [5.74, 6) is -2.74. The number of carbonyl (C=O) groups is 2. The van der Waals surface area contributed by atoms with E-state index in [1.54, 1.807) is 26.0 Å². The van der Waals surface area contributed by atoms with E-state index in [0.29, 0.717) is 23.5 Å². The largest absolute Gasteiger partial charge is 0.419 e. The molecule has 4 rings (SSSR count). The first-order chi connectivity index (χ1) is 15.1. The Balaban J connectivity index is 1.67. The molecule has 0 aliphatic carbocycles. The Bertz CT molecular complexity index is 1220. The number of carbonyl (C=O) groups excluding carboxylic acids is 2. The smallest absolute Gasteiger partial charge is 0.322 e. The molecule has 0 spiro atoms. The van der Waals surface area contributed by atoms with E-state index in [1.165, 1.54) is 17.1 Å². The molecule has 0 saturated heterocycles. The number of fused-ring (bicyclic) bond motifs is 1. The predicted octanol–water partition coefficient (Wildman–Crippen LogP) is 4.22. The van der Waals surface area contributed by atoms with E-state index in [4.69, 9.17) is 0 Å². The van der Waals surface area contributed by atoms with Crippen LogP contribution in [-0.2, 0) is 6.18 Å². The first-order valence-electron chi connectivity index (χ1n) is 9.56. The van der Waals surface area contributed by atoms with Crippen LogP contribution >= 0.6 is 0 Å². The Morgan fingerprint density at radius 1 is 1.22 bits per heavy atom. The minimum absolute atomic E-state index is 0.00611. The zero-order valence-corrected chi connectivity index (χ0v) is 16.9. The molecule has 1 atom stereocenters. The summed E-state index contributed by atoms with van der Waals surface area (Å²) in [6, 6.07) is 5.12. The predicted molar refractivity (Wildman–Crippen MR) is 107 cm³/mol. The molecule has 1 N–H and O–H groups in total. The zero-order chi connectivity index (χ0) is 23.2. The fourth-order valence-electron chi connectivity index (χ4n) is 3.57. The van der Waals surface area contributed by atoms with Crippen LogP contribution in [0.2, 0.25) is 0 Å². The number of benzene rings is 1. The summed E-state index contributed by atoms with van der Waals surface area (Å²) >= 11 is 0. The van der Waals surface area contributed by atoms with Crippen molar-refractivity contribution in [1.82, 2.24) is 14.8 Å². The average Bonchev–Trinajstić information content (AvgIpc) is 3.16. The number of nitrogens with zero attached hydrogens (tertiary/aromatic N) is 4. The summed E-state index contributed by atoms with van der Waals surface area (Å²) in [5.41, 5.74) is -0.353. The summed E-state index contributed by atoms with van der Waals surface area (Å²) in [5, 5.41) is 6.80. The van der Waals surface area contributed by atoms with Gasteiger partial charge in [0.25, 0.3) is 11.8 Å². The van der Waals surface area contributed by atoms with Crippen molar-refractivity contribution in [3.8, 4) is 0 Å². The van der Waals surface area contributed by atoms with Crippen molar-refractivity contribution in [2.24, 2.45) is 0 Å². The summed E-state index contributed by atoms with van der Waals surface area (Å²) in [4.78, 5) is 31.2. The van der Waals surface area contributed by atoms with Crippen molar-refractivity contribution in [3.63, 3.8) is 0 Å². The van der Waals surface area contributed by atoms with Gasteiger partial charge in [-0.15, -0.1) is 0 Å². The molecule has 2 amide bonds. The van der Waals surface area contributed by atoms with Crippen LogP contribution in [0.5, 0.6) is 0 Å². The Morgan fingerprint density at radius 3 is 2.62 bits per heavy atom. The lowest BCUT2D eigenvalue weighted by Crippen LogP contribution is -2.43. The summed E-state index contributed by atoms with van der Waals surface area (Å²) < 4.78 is 54.1. The minimum Gasteiger partial charge on any atom is -0.322 e. The Kier molecular flexibility index (Phi) is 5.19. The van der Waals surface area contributed by atoms with Gasteiger partial charge in [-0.1, -0.05) is 0 Å². The van der Waals surface area contributed by atoms with E-state index >= 15 is 0 Å². The molecule has 1 aliphatic heterocycles. The fraction of sp³-hybridized carbons (Fsp3) is 0.238. The van der Waals surface area contributed by atoms with Crippen molar-refractivity contribution in [3.05, 3.63) is 71.1 Å². The summed E-state index contributed by atoms with van der Waals surface area (Å²) in [6.07, 6.45) is -2.08. The van der Waals surface area contributed by atoms with Crippen LogP contribution in [0, 0.1) is 12.7 Å². The molecule has 0 unspecified atom stereocenters. The molecule has 32 heavy (non-hydrogen) atoms. The third-order valence-corrected chi connectivity index (χ3v) is 5.08. The monoisotopic (exact) mass is 447 g/mol. The first-order valence-corrected chi connectivity index (χ1v) is 9.56. The van der Waals surface area contributed by atoms with Gasteiger partial charge in [0.05, 0.1) is 23.4 Å². The maximum atomic E-state index is 14.1. The second-order valence-electron chi connectivity index (χ2n) is 7.42. The Morgan fingerprint density at radius 2 is 1.97 bits per heavy atom. The Labute approximate surface area is 179 Å². The highest BCUT2D eigenvalue weighted by molar-refractivity contribution is 6.15. The highest BCUT2D eigenvalue weighted by Gasteiger charge is 2.37. The van der Waals surface area contributed by atoms with Gasteiger partial charge in [0, 0.05) is 29.8 Å². The van der Waals surface area contributed by atoms with Crippen LogP contribution in [0.15, 0.2) is 42.7 Å². The van der Waals surface area contributed by atoms with Gasteiger partial charge in [0.2, 0.25) is 0 Å². The molecule has 0 fully saturated rings. The molecule has 0 radical (unpaired) electrons. The average molecular weight is 447 g/mol. The zero-order valence-electron chi connectivity index (χ0n) is 16.9. The lowest BCUT2D eigenvalue weighted by Gasteiger charge is -2.32. The number of hydrogen-bond acceptors (Lipinski definition) is 4. The first kappa shape index (κ1) is 21.5. The summed E-state index contributed by atoms with van der Waals surface area (Å²) in [6.45, 7) is 3.52. The normalized spacial score (nSPS) is 16.1. The van der Waals surface area contributed by atoms with Crippen LogP contribution < -0.4 is 10.2 Å². The van der Waals surface area contributed by atoms with Crippen molar-refractivity contribution in [2.75, 3.05) is 16.8 Å². The molecule has 2 aromatic heterocycles. The van der Waals surface area contributed by atoms with Gasteiger partial charge in [-0.05, 0) is 44.2 Å². The van der Waals surface area contributed by atoms with Crippen molar-refractivity contribution in [1.29, 1.82) is 0 Å². The molecular formula is C21H17F4N5O2. The molecule has 3 heterocycles. The SMILES string of the molecule is Cc1cc(NC(=O)c2cnn3c2C(=O)N(c2ccc(C(F)(F)F)c(F)c2)C[C@@H]3C)ccn1. The molecule has 1 aromatic carbocycles. The highest BCUT2D eigenvalue weighted by atomic mass is 19.4. The third kappa shape index (κ3) is 3.81. The number of aromatic nitrogens is 3. The minimum atomic E-state index is -4.85. The molecular weight excluding hydrogens is 430 g/mol. The van der Waals surface area contributed by atoms with Gasteiger partial charge in [-0.25, -0.2) is 4.39 Å². The van der Waals surface area contributed by atoms with Gasteiger partial charge >= 0.3 is 6.18 Å². The topological polar surface area (TPSA) is 80.1 Å². The quantitative estimate of drug-likeness (QED) is 0.610. The van der Waals surface area contributed by atoms with Crippen LogP contribution in [0.4, 0.5) is 28.9 Å². The van der Waals surface area contributed by atoms with Crippen molar-refractivity contribution >= 4 is 23.2 Å². The van der Waals surface area contributed by atoms with Crippen LogP contribution in [0.3, 0.4) is 0 Å². The third-order valence-electron chi connectivity index (χ3n) is 5.08. The second-order valence-corrected chi connectivity index (χ2v) is 7.42. The van der Waals surface area contributed by atoms with Gasteiger partial charge < -0.3 is 10.2 Å². The number of anilines is 2. The molecule has 166 valence electrons. The maximum absolute atomic E-state index is 14.1. The number of rotatable bonds is 3. The van der Waals surface area contributed by atoms with E-state index in [2.05, 4.69) is 15.4 Å². The standard InChI is InChI=1S/C21H17F4N5O2/c1-11-7-13(5-6-26-11)28-19(31)15-9-27-30-12(2)10-29(20(32)18(15)30)14-3-4-16(17(22)8-14)21(23,24)25/h3-9,12H,10H2,1-2H3,(H,26,28,31)/t12-/m0/s1. The number of pyridine rings is 1. The number of nitrogens with one attached hydrogen (secondary N) is 1. The van der Waals surface area contributed by atoms with Gasteiger partial charge in [0.1, 0.15) is 11.5 Å². The lowest BCUT2D eigenvalue weighted by molar-refractivity contribution is -0.139. The number of alkyl halides is 3. The highest BCUT2D eigenvalue weighted by Crippen LogP contribution is 2.35. The summed E-state index contributed by atoms with van der Waals surface area (Å²) in [7, 11) is 0. The number of amides is 2. The van der Waals surface area contributed by atoms with Gasteiger partial charge in [-0.3, -0.25) is 19.3 Å². The van der Waals surface area contributed by atoms with Crippen LogP contribution in [-0.4, -0.2) is 33.1 Å². The van der Waals surface area contributed by atoms with Gasteiger partial charge in [-0.2, -0.15) is 18.3 Å². The second kappa shape index (κ2) is 7.74. The molecule has 7 nitrogen and oxygen atoms in total. The van der Waals surface area contributed by atoms with Crippen LogP contribution in [0.1, 0.15) is 45.1 Å². The lowest BCUT2D eigenvalue weighted by atomic mass is 10.1. The fourth-order valence-corrected chi connectivity index (χ4v) is 3.57. The van der Waals surface area contributed by atoms with Crippen LogP contribution in [0.25, 0.3) is 0 Å². The number of halogens is 4. The van der Waals surface area contributed by atoms with E-state index in [9.17, 15) is 27.2 Å².